The van der Waals surface area contributed by atoms with Crippen LogP contribution in [0.4, 0.5) is 0 Å². The van der Waals surface area contributed by atoms with Crippen molar-refractivity contribution in [2.24, 2.45) is 0 Å². The predicted molar refractivity (Wildman–Crippen MR) is 220 cm³/mol. The van der Waals surface area contributed by atoms with Crippen LogP contribution in [0.25, 0.3) is 60.2 Å². The lowest BCUT2D eigenvalue weighted by atomic mass is 10.0. The Labute approximate surface area is 299 Å². The molecule has 0 unspecified atom stereocenters. The Morgan fingerprint density at radius 1 is 0.360 bits per heavy atom. The third-order valence-electron chi connectivity index (χ3n) is 9.17. The molecule has 8 aromatic rings. The fraction of sp³-hybridized carbons (Fsp3) is 0. The van der Waals surface area contributed by atoms with Crippen LogP contribution < -0.4 is 0 Å². The van der Waals surface area contributed by atoms with Crippen LogP contribution in [0.15, 0.2) is 182 Å². The van der Waals surface area contributed by atoms with Crippen LogP contribution in [0, 0.1) is 0 Å². The van der Waals surface area contributed by atoms with Gasteiger partial charge < -0.3 is 0 Å². The van der Waals surface area contributed by atoms with Crippen molar-refractivity contribution < 1.29 is 0 Å². The van der Waals surface area contributed by atoms with Crippen LogP contribution in [-0.4, -0.2) is 19.0 Å². The number of nitrogens with zero attached hydrogens (tertiary/aromatic N) is 2. The zero-order chi connectivity index (χ0) is 33.3. The number of aromatic nitrogens is 2. The third-order valence-corrected chi connectivity index (χ3v) is 12.0. The Morgan fingerprint density at radius 2 is 0.880 bits per heavy atom. The van der Waals surface area contributed by atoms with Gasteiger partial charge in [-0.15, -0.1) is 0 Å². The molecule has 0 amide bonds. The maximum atomic E-state index is 5.04. The van der Waals surface area contributed by atoms with Crippen molar-refractivity contribution in [1.29, 1.82) is 0 Å². The largest absolute Gasteiger partial charge is 0.254 e. The topological polar surface area (TPSA) is 25.8 Å². The highest BCUT2D eigenvalue weighted by Crippen LogP contribution is 2.35. The molecule has 238 valence electrons. The van der Waals surface area contributed by atoms with Gasteiger partial charge in [-0.3, -0.25) is 4.98 Å². The van der Waals surface area contributed by atoms with Gasteiger partial charge in [-0.05, 0) is 57.2 Å². The molecule has 0 fully saturated rings. The molecule has 0 spiro atoms. The molecule has 9 rings (SSSR count). The van der Waals surface area contributed by atoms with Crippen molar-refractivity contribution in [2.75, 3.05) is 0 Å². The van der Waals surface area contributed by atoms with E-state index >= 15 is 0 Å². The average molecular weight is 677 g/mol. The molecule has 1 aliphatic heterocycles. The number of allylic oxidation sites excluding steroid dienone is 1. The second-order valence-corrected chi connectivity index (χ2v) is 15.0. The molecule has 2 aromatic heterocycles. The highest BCUT2D eigenvalue weighted by atomic mass is 32.2. The van der Waals surface area contributed by atoms with Crippen LogP contribution >= 0.6 is 22.7 Å². The number of fused-ring (bicyclic) bond motifs is 3. The summed E-state index contributed by atoms with van der Waals surface area (Å²) in [5, 5.41) is 2.20. The molecule has 0 N–H and O–H groups in total. The monoisotopic (exact) mass is 676 g/mol. The highest BCUT2D eigenvalue weighted by Gasteiger charge is 2.13. The number of hydrogen-bond acceptors (Lipinski definition) is 2. The summed E-state index contributed by atoms with van der Waals surface area (Å²) >= 11 is 2.49. The summed E-state index contributed by atoms with van der Waals surface area (Å²) in [7, 11) is 0. The molecule has 0 radical (unpaired) electrons. The van der Waals surface area contributed by atoms with Gasteiger partial charge in [0.05, 0.1) is 16.7 Å². The lowest BCUT2D eigenvalue weighted by Gasteiger charge is -2.17. The number of rotatable bonds is 6. The summed E-state index contributed by atoms with van der Waals surface area (Å²) in [6.07, 6.45) is 4.23. The minimum absolute atomic E-state index is 0.938. The molecule has 1 aliphatic rings. The van der Waals surface area contributed by atoms with Gasteiger partial charge in [0.1, 0.15) is 0 Å². The Balaban J connectivity index is 1.01. The molecule has 0 bridgehead atoms. The fourth-order valence-electron chi connectivity index (χ4n) is 6.47. The van der Waals surface area contributed by atoms with E-state index in [1.54, 1.807) is 0 Å². The summed E-state index contributed by atoms with van der Waals surface area (Å²) < 4.78 is 1.40. The normalized spacial score (nSPS) is 13.1. The van der Waals surface area contributed by atoms with Gasteiger partial charge >= 0.3 is 0 Å². The molecule has 50 heavy (non-hydrogen) atoms. The summed E-state index contributed by atoms with van der Waals surface area (Å²) in [5.74, 6) is 0. The van der Waals surface area contributed by atoms with E-state index in [1.165, 1.54) is 75.6 Å². The van der Waals surface area contributed by atoms with Gasteiger partial charge in [0.2, 0.25) is 0 Å². The minimum atomic E-state index is 0.938. The molecule has 0 saturated carbocycles. The van der Waals surface area contributed by atoms with Gasteiger partial charge in [0, 0.05) is 36.5 Å². The van der Waals surface area contributed by atoms with E-state index in [0.717, 1.165) is 33.1 Å². The third kappa shape index (κ3) is 6.05. The average Bonchev–Trinajstić information content (AvgIpc) is 3.21. The number of benzene rings is 6. The molecule has 0 atom stereocenters. The zero-order valence-corrected chi connectivity index (χ0v) is 28.9. The predicted octanol–water partition coefficient (Wildman–Crippen LogP) is 11.5. The maximum Gasteiger partial charge on any atom is 0.0972 e. The van der Waals surface area contributed by atoms with Crippen molar-refractivity contribution in [3.63, 3.8) is 0 Å². The van der Waals surface area contributed by atoms with Gasteiger partial charge in [-0.2, -0.15) is 22.7 Å². The molecule has 0 aliphatic carbocycles. The van der Waals surface area contributed by atoms with Gasteiger partial charge in [-0.1, -0.05) is 158 Å². The Hall–Kier alpha value is -5.68. The maximum absolute atomic E-state index is 5.04. The number of pyridine rings is 2. The van der Waals surface area contributed by atoms with Crippen molar-refractivity contribution >= 4 is 58.5 Å². The minimum Gasteiger partial charge on any atom is -0.254 e. The standard InChI is InChI=1S/C46H32N2S2/c1-3-8-31(9-4-1)32-15-21-36(22-16-32)42-30-43(50-46(49-42)40-10-5-2-6-11-40)37-23-17-34(18-24-37)33-13-19-35(20-14-33)41-28-27-39-26-25-38-12-7-29-47-44(38)45(39)48-41/h1-30,49-50H. The van der Waals surface area contributed by atoms with Crippen LogP contribution in [0.1, 0.15) is 16.7 Å². The van der Waals surface area contributed by atoms with E-state index in [-0.39, 0.29) is 0 Å². The smallest absolute Gasteiger partial charge is 0.0972 e. The summed E-state index contributed by atoms with van der Waals surface area (Å²) in [6.45, 7) is 0. The first kappa shape index (κ1) is 30.4. The van der Waals surface area contributed by atoms with Gasteiger partial charge in [-0.25, -0.2) is 4.98 Å². The molecular formula is C46H32N2S2. The van der Waals surface area contributed by atoms with E-state index in [2.05, 4.69) is 175 Å². The molecule has 2 nitrogen and oxygen atoms in total. The lowest BCUT2D eigenvalue weighted by Crippen LogP contribution is -2.03. The fourth-order valence-corrected chi connectivity index (χ4v) is 9.38. The van der Waals surface area contributed by atoms with E-state index in [1.807, 2.05) is 12.3 Å². The Kier molecular flexibility index (Phi) is 8.09. The van der Waals surface area contributed by atoms with Crippen LogP contribution in [0.2, 0.25) is 0 Å². The van der Waals surface area contributed by atoms with Crippen LogP contribution in [0.5, 0.6) is 0 Å². The highest BCUT2D eigenvalue weighted by molar-refractivity contribution is 8.30. The first-order chi connectivity index (χ1) is 24.7. The number of thiol groups is 2. The first-order valence-electron chi connectivity index (χ1n) is 16.7. The molecule has 4 heteroatoms. The number of hydrogen-bond donors (Lipinski definition) is 2. The van der Waals surface area contributed by atoms with E-state index in [0.29, 0.717) is 0 Å². The van der Waals surface area contributed by atoms with Gasteiger partial charge in [0.15, 0.2) is 0 Å². The van der Waals surface area contributed by atoms with Crippen LogP contribution in [0.3, 0.4) is 0 Å². The Bertz CT molecular complexity index is 2590. The SMILES string of the molecule is C1=C(c2ccc(-c3ccc(-c4ccc5ccc6cccnc6c5n4)cc3)cc2)[SH]=C(c2ccccc2)[SH]=C1c1ccc(-c2ccccc2)cc1. The Morgan fingerprint density at radius 3 is 1.54 bits per heavy atom. The molecule has 3 heterocycles. The van der Waals surface area contributed by atoms with Crippen LogP contribution in [-0.2, 0) is 0 Å². The zero-order valence-electron chi connectivity index (χ0n) is 27.1. The lowest BCUT2D eigenvalue weighted by molar-refractivity contribution is 1.37. The first-order valence-corrected chi connectivity index (χ1v) is 18.5. The van der Waals surface area contributed by atoms with Crippen molar-refractivity contribution in [1.82, 2.24) is 9.97 Å². The quantitative estimate of drug-likeness (QED) is 0.104. The van der Waals surface area contributed by atoms with Crippen molar-refractivity contribution in [2.45, 2.75) is 0 Å². The van der Waals surface area contributed by atoms with E-state index in [9.17, 15) is 0 Å². The second kappa shape index (κ2) is 13.3. The van der Waals surface area contributed by atoms with Gasteiger partial charge in [0.25, 0.3) is 0 Å². The summed E-state index contributed by atoms with van der Waals surface area (Å²) in [5.41, 5.74) is 12.6. The molecular weight excluding hydrogens is 645 g/mol. The van der Waals surface area contributed by atoms with Crippen molar-refractivity contribution in [3.8, 4) is 33.5 Å². The summed E-state index contributed by atoms with van der Waals surface area (Å²) in [6, 6.07) is 60.7. The molecule has 0 saturated heterocycles. The van der Waals surface area contributed by atoms with E-state index in [4.69, 9.17) is 4.98 Å². The van der Waals surface area contributed by atoms with Crippen molar-refractivity contribution in [3.05, 3.63) is 199 Å². The molecule has 6 aromatic carbocycles. The van der Waals surface area contributed by atoms with E-state index < -0.39 is 0 Å². The summed E-state index contributed by atoms with van der Waals surface area (Å²) in [4.78, 5) is 12.3. The second-order valence-electron chi connectivity index (χ2n) is 12.3.